The molecule has 8 heteroatoms. The van der Waals surface area contributed by atoms with Crippen LogP contribution in [-0.4, -0.2) is 23.1 Å². The lowest BCUT2D eigenvalue weighted by molar-refractivity contribution is -0.159. The standard InChI is InChI=1S/C16H16ClF3O4/c1-8(21)12(14(23)24-15(2,3)4)13(22)10-6-5-9(17)7-11(10)16(18,19)20/h5-7,12H,1-4H3. The van der Waals surface area contributed by atoms with Crippen molar-refractivity contribution in [2.24, 2.45) is 5.92 Å². The van der Waals surface area contributed by atoms with E-state index in [1.165, 1.54) is 20.8 Å². The highest BCUT2D eigenvalue weighted by molar-refractivity contribution is 6.31. The molecule has 1 aromatic carbocycles. The monoisotopic (exact) mass is 364 g/mol. The van der Waals surface area contributed by atoms with Crippen molar-refractivity contribution in [1.82, 2.24) is 0 Å². The number of ether oxygens (including phenoxy) is 1. The second-order valence-corrected chi connectivity index (χ2v) is 6.57. The van der Waals surface area contributed by atoms with Crippen molar-refractivity contribution in [3.8, 4) is 0 Å². The zero-order chi connectivity index (χ0) is 18.9. The van der Waals surface area contributed by atoms with Gasteiger partial charge < -0.3 is 4.74 Å². The highest BCUT2D eigenvalue weighted by Crippen LogP contribution is 2.35. The lowest BCUT2D eigenvalue weighted by Crippen LogP contribution is -2.37. The van der Waals surface area contributed by atoms with Gasteiger partial charge >= 0.3 is 12.1 Å². The molecule has 0 N–H and O–H groups in total. The fourth-order valence-electron chi connectivity index (χ4n) is 1.94. The van der Waals surface area contributed by atoms with Crippen LogP contribution in [0.15, 0.2) is 18.2 Å². The summed E-state index contributed by atoms with van der Waals surface area (Å²) in [5.41, 5.74) is -3.12. The van der Waals surface area contributed by atoms with Crippen LogP contribution in [-0.2, 0) is 20.5 Å². The van der Waals surface area contributed by atoms with Gasteiger partial charge in [0.15, 0.2) is 17.5 Å². The number of hydrogen-bond acceptors (Lipinski definition) is 4. The average Bonchev–Trinajstić information content (AvgIpc) is 2.34. The first-order chi connectivity index (χ1) is 10.7. The average molecular weight is 365 g/mol. The molecule has 1 aromatic rings. The highest BCUT2D eigenvalue weighted by atomic mass is 35.5. The molecule has 0 aliphatic heterocycles. The summed E-state index contributed by atoms with van der Waals surface area (Å²) in [6.07, 6.45) is -4.87. The van der Waals surface area contributed by atoms with E-state index in [9.17, 15) is 27.6 Å². The molecular weight excluding hydrogens is 349 g/mol. The second kappa shape index (κ2) is 6.93. The lowest BCUT2D eigenvalue weighted by Gasteiger charge is -2.23. The molecule has 0 saturated carbocycles. The Morgan fingerprint density at radius 3 is 2.08 bits per heavy atom. The van der Waals surface area contributed by atoms with E-state index in [1.807, 2.05) is 0 Å². The number of carbonyl (C=O) groups excluding carboxylic acids is 3. The largest absolute Gasteiger partial charge is 0.459 e. The Hall–Kier alpha value is -1.89. The van der Waals surface area contributed by atoms with Crippen molar-refractivity contribution in [2.45, 2.75) is 39.5 Å². The number of rotatable bonds is 4. The maximum atomic E-state index is 13.1. The molecule has 0 heterocycles. The molecule has 132 valence electrons. The third-order valence-corrected chi connectivity index (χ3v) is 3.10. The van der Waals surface area contributed by atoms with Gasteiger partial charge in [-0.3, -0.25) is 14.4 Å². The SMILES string of the molecule is CC(=O)C(C(=O)OC(C)(C)C)C(=O)c1ccc(Cl)cc1C(F)(F)F. The maximum Gasteiger partial charge on any atom is 0.417 e. The van der Waals surface area contributed by atoms with Gasteiger partial charge in [-0.05, 0) is 45.9 Å². The first kappa shape index (κ1) is 20.2. The minimum absolute atomic E-state index is 0.226. The molecular formula is C16H16ClF3O4. The van der Waals surface area contributed by atoms with E-state index < -0.39 is 46.4 Å². The number of esters is 1. The lowest BCUT2D eigenvalue weighted by atomic mass is 9.91. The van der Waals surface area contributed by atoms with E-state index in [4.69, 9.17) is 16.3 Å². The molecule has 0 radical (unpaired) electrons. The first-order valence-electron chi connectivity index (χ1n) is 6.88. The minimum atomic E-state index is -4.87. The van der Waals surface area contributed by atoms with E-state index in [1.54, 1.807) is 0 Å². The van der Waals surface area contributed by atoms with Crippen LogP contribution in [0.2, 0.25) is 5.02 Å². The third kappa shape index (κ3) is 5.06. The number of hydrogen-bond donors (Lipinski definition) is 0. The van der Waals surface area contributed by atoms with E-state index in [0.717, 1.165) is 19.1 Å². The quantitative estimate of drug-likeness (QED) is 0.458. The number of alkyl halides is 3. The summed E-state index contributed by atoms with van der Waals surface area (Å²) in [6, 6.07) is 2.49. The van der Waals surface area contributed by atoms with Crippen molar-refractivity contribution >= 4 is 29.1 Å². The summed E-state index contributed by atoms with van der Waals surface area (Å²) in [5, 5.41) is -0.226. The molecule has 24 heavy (non-hydrogen) atoms. The summed E-state index contributed by atoms with van der Waals surface area (Å²) in [4.78, 5) is 36.2. The van der Waals surface area contributed by atoms with Gasteiger partial charge in [0.1, 0.15) is 5.60 Å². The van der Waals surface area contributed by atoms with E-state index in [-0.39, 0.29) is 5.02 Å². The predicted octanol–water partition coefficient (Wildman–Crippen LogP) is 4.09. The fraction of sp³-hybridized carbons (Fsp3) is 0.438. The Morgan fingerprint density at radius 2 is 1.67 bits per heavy atom. The second-order valence-electron chi connectivity index (χ2n) is 6.13. The molecule has 0 bridgehead atoms. The van der Waals surface area contributed by atoms with Gasteiger partial charge in [0.05, 0.1) is 5.56 Å². The van der Waals surface area contributed by atoms with Crippen LogP contribution in [0.3, 0.4) is 0 Å². The molecule has 0 aliphatic rings. The summed E-state index contributed by atoms with van der Waals surface area (Å²) >= 11 is 5.55. The van der Waals surface area contributed by atoms with Crippen LogP contribution in [0.1, 0.15) is 43.6 Å². The van der Waals surface area contributed by atoms with Crippen LogP contribution in [0.25, 0.3) is 0 Å². The Labute approximate surface area is 141 Å². The Bertz CT molecular complexity index is 675. The summed E-state index contributed by atoms with van der Waals surface area (Å²) in [5.74, 6) is -5.34. The molecule has 0 aliphatic carbocycles. The van der Waals surface area contributed by atoms with Crippen LogP contribution >= 0.6 is 11.6 Å². The molecule has 0 amide bonds. The zero-order valence-electron chi connectivity index (χ0n) is 13.5. The van der Waals surface area contributed by atoms with Crippen LogP contribution < -0.4 is 0 Å². The molecule has 1 atom stereocenters. The first-order valence-corrected chi connectivity index (χ1v) is 7.26. The Kier molecular flexibility index (Phi) is 5.82. The fourth-order valence-corrected chi connectivity index (χ4v) is 2.11. The normalized spacial score (nSPS) is 13.3. The molecule has 1 unspecified atom stereocenters. The number of ketones is 2. The van der Waals surface area contributed by atoms with Crippen LogP contribution in [0.4, 0.5) is 13.2 Å². The van der Waals surface area contributed by atoms with Gasteiger partial charge in [-0.1, -0.05) is 11.6 Å². The number of carbonyl (C=O) groups is 3. The van der Waals surface area contributed by atoms with Gasteiger partial charge in [0, 0.05) is 10.6 Å². The van der Waals surface area contributed by atoms with Gasteiger partial charge in [-0.25, -0.2) is 0 Å². The number of benzene rings is 1. The Balaban J connectivity index is 3.37. The number of Topliss-reactive ketones (excluding diaryl/α,β-unsaturated/α-hetero) is 2. The van der Waals surface area contributed by atoms with Gasteiger partial charge in [0.2, 0.25) is 0 Å². The van der Waals surface area contributed by atoms with E-state index >= 15 is 0 Å². The molecule has 0 spiro atoms. The molecule has 0 fully saturated rings. The van der Waals surface area contributed by atoms with Gasteiger partial charge in [0.25, 0.3) is 0 Å². The van der Waals surface area contributed by atoms with E-state index in [0.29, 0.717) is 6.07 Å². The number of halogens is 4. The third-order valence-electron chi connectivity index (χ3n) is 2.86. The maximum absolute atomic E-state index is 13.1. The van der Waals surface area contributed by atoms with Crippen molar-refractivity contribution in [3.05, 3.63) is 34.3 Å². The summed E-state index contributed by atoms with van der Waals surface area (Å²) < 4.78 is 44.3. The van der Waals surface area contributed by atoms with Crippen LogP contribution in [0.5, 0.6) is 0 Å². The smallest absolute Gasteiger partial charge is 0.417 e. The van der Waals surface area contributed by atoms with Gasteiger partial charge in [-0.15, -0.1) is 0 Å². The summed E-state index contributed by atoms with van der Waals surface area (Å²) in [6.45, 7) is 5.47. The molecule has 0 aromatic heterocycles. The Morgan fingerprint density at radius 1 is 1.12 bits per heavy atom. The van der Waals surface area contributed by atoms with Crippen molar-refractivity contribution in [1.29, 1.82) is 0 Å². The minimum Gasteiger partial charge on any atom is -0.459 e. The van der Waals surface area contributed by atoms with E-state index in [2.05, 4.69) is 0 Å². The molecule has 0 saturated heterocycles. The van der Waals surface area contributed by atoms with Crippen molar-refractivity contribution < 1.29 is 32.3 Å². The highest BCUT2D eigenvalue weighted by Gasteiger charge is 2.41. The van der Waals surface area contributed by atoms with Crippen molar-refractivity contribution in [2.75, 3.05) is 0 Å². The predicted molar refractivity (Wildman–Crippen MR) is 80.8 cm³/mol. The van der Waals surface area contributed by atoms with Crippen molar-refractivity contribution in [3.63, 3.8) is 0 Å². The van der Waals surface area contributed by atoms with Gasteiger partial charge in [-0.2, -0.15) is 13.2 Å². The molecule has 4 nitrogen and oxygen atoms in total. The molecule has 1 rings (SSSR count). The summed E-state index contributed by atoms with van der Waals surface area (Å²) in [7, 11) is 0. The zero-order valence-corrected chi connectivity index (χ0v) is 14.2. The topological polar surface area (TPSA) is 60.4 Å². The van der Waals surface area contributed by atoms with Crippen LogP contribution in [0, 0.1) is 5.92 Å².